The Balaban J connectivity index is 1.33. The SMILES string of the molecule is Cc1cc(C(=O)C2=C(O)C(=O)N(CCCN3CCOCC3)C2c2cccs2)ccc1OCc1ccccc1. The van der Waals surface area contributed by atoms with E-state index in [0.29, 0.717) is 24.5 Å². The highest BCUT2D eigenvalue weighted by Gasteiger charge is 2.44. The second kappa shape index (κ2) is 11.9. The summed E-state index contributed by atoms with van der Waals surface area (Å²) in [5, 5.41) is 12.9. The lowest BCUT2D eigenvalue weighted by Gasteiger charge is -2.29. The minimum atomic E-state index is -0.603. The van der Waals surface area contributed by atoms with Crippen molar-refractivity contribution in [2.75, 3.05) is 39.4 Å². The Bertz CT molecular complexity index is 1300. The molecule has 1 saturated heterocycles. The van der Waals surface area contributed by atoms with Crippen molar-refractivity contribution in [3.8, 4) is 5.75 Å². The molecule has 7 nitrogen and oxygen atoms in total. The third-order valence-electron chi connectivity index (χ3n) is 7.01. The van der Waals surface area contributed by atoms with Crippen molar-refractivity contribution in [3.63, 3.8) is 0 Å². The number of carbonyl (C=O) groups excluding carboxylic acids is 2. The van der Waals surface area contributed by atoms with Gasteiger partial charge in [0, 0.05) is 36.6 Å². The van der Waals surface area contributed by atoms with E-state index in [2.05, 4.69) is 4.90 Å². The van der Waals surface area contributed by atoms with Gasteiger partial charge in [-0.1, -0.05) is 36.4 Å². The van der Waals surface area contributed by atoms with E-state index < -0.39 is 17.7 Å². The molecule has 0 radical (unpaired) electrons. The minimum Gasteiger partial charge on any atom is -0.503 e. The molecule has 1 fully saturated rings. The quantitative estimate of drug-likeness (QED) is 0.373. The molecule has 1 atom stereocenters. The number of morpholine rings is 1. The lowest BCUT2D eigenvalue weighted by Crippen LogP contribution is -2.39. The van der Waals surface area contributed by atoms with Gasteiger partial charge in [0.05, 0.1) is 24.8 Å². The third kappa shape index (κ3) is 5.67. The first-order valence-corrected chi connectivity index (χ1v) is 13.8. The van der Waals surface area contributed by atoms with Crippen LogP contribution in [0, 0.1) is 6.92 Å². The van der Waals surface area contributed by atoms with Crippen LogP contribution in [0.2, 0.25) is 0 Å². The summed E-state index contributed by atoms with van der Waals surface area (Å²) in [6.07, 6.45) is 0.745. The number of hydrogen-bond donors (Lipinski definition) is 1. The number of aryl methyl sites for hydroxylation is 1. The van der Waals surface area contributed by atoms with Crippen molar-refractivity contribution in [1.82, 2.24) is 9.80 Å². The Kier molecular flexibility index (Phi) is 8.22. The Morgan fingerprint density at radius 2 is 1.87 bits per heavy atom. The molecule has 38 heavy (non-hydrogen) atoms. The van der Waals surface area contributed by atoms with Crippen LogP contribution in [0.15, 0.2) is 77.4 Å². The number of aliphatic hydroxyl groups is 1. The molecule has 0 spiro atoms. The summed E-state index contributed by atoms with van der Waals surface area (Å²) in [5.41, 5.74) is 2.42. The number of ketones is 1. The molecule has 2 aliphatic rings. The van der Waals surface area contributed by atoms with E-state index in [9.17, 15) is 14.7 Å². The van der Waals surface area contributed by atoms with Crippen LogP contribution < -0.4 is 4.74 Å². The Morgan fingerprint density at radius 1 is 1.08 bits per heavy atom. The zero-order chi connectivity index (χ0) is 26.5. The average Bonchev–Trinajstić information content (AvgIpc) is 3.56. The number of rotatable bonds is 10. The summed E-state index contributed by atoms with van der Waals surface area (Å²) in [5.74, 6) is -0.608. The Morgan fingerprint density at radius 3 is 2.58 bits per heavy atom. The topological polar surface area (TPSA) is 79.3 Å². The van der Waals surface area contributed by atoms with E-state index in [1.807, 2.05) is 54.8 Å². The van der Waals surface area contributed by atoms with Crippen LogP contribution in [0.4, 0.5) is 0 Å². The summed E-state index contributed by atoms with van der Waals surface area (Å²) in [6, 6.07) is 18.3. The van der Waals surface area contributed by atoms with Crippen molar-refractivity contribution < 1.29 is 24.2 Å². The van der Waals surface area contributed by atoms with Crippen molar-refractivity contribution in [1.29, 1.82) is 0 Å². The molecule has 5 rings (SSSR count). The van der Waals surface area contributed by atoms with Crippen molar-refractivity contribution in [2.24, 2.45) is 0 Å². The summed E-state index contributed by atoms with van der Waals surface area (Å²) >= 11 is 1.48. The van der Waals surface area contributed by atoms with Gasteiger partial charge in [-0.15, -0.1) is 11.3 Å². The van der Waals surface area contributed by atoms with Gasteiger partial charge in [0.25, 0.3) is 5.91 Å². The van der Waals surface area contributed by atoms with Crippen molar-refractivity contribution in [2.45, 2.75) is 26.0 Å². The molecular formula is C30H32N2O5S. The van der Waals surface area contributed by atoms with E-state index in [1.165, 1.54) is 11.3 Å². The number of carbonyl (C=O) groups is 2. The van der Waals surface area contributed by atoms with Gasteiger partial charge in [0.15, 0.2) is 11.5 Å². The molecule has 1 amide bonds. The predicted octanol–water partition coefficient (Wildman–Crippen LogP) is 4.94. The highest BCUT2D eigenvalue weighted by molar-refractivity contribution is 7.10. The molecule has 0 saturated carbocycles. The summed E-state index contributed by atoms with van der Waals surface area (Å²) in [4.78, 5) is 31.8. The van der Waals surface area contributed by atoms with Gasteiger partial charge in [-0.25, -0.2) is 0 Å². The van der Waals surface area contributed by atoms with Crippen molar-refractivity contribution >= 4 is 23.0 Å². The predicted molar refractivity (Wildman–Crippen MR) is 147 cm³/mol. The normalized spacial score (nSPS) is 18.3. The largest absolute Gasteiger partial charge is 0.503 e. The molecule has 0 aliphatic carbocycles. The summed E-state index contributed by atoms with van der Waals surface area (Å²) in [6.45, 7) is 6.78. The maximum Gasteiger partial charge on any atom is 0.290 e. The number of thiophene rings is 1. The maximum atomic E-state index is 13.8. The Hall–Kier alpha value is -3.46. The van der Waals surface area contributed by atoms with Crippen LogP contribution in [-0.4, -0.2) is 66.0 Å². The number of hydrogen-bond acceptors (Lipinski definition) is 7. The van der Waals surface area contributed by atoms with E-state index in [4.69, 9.17) is 9.47 Å². The van der Waals surface area contributed by atoms with Gasteiger partial charge < -0.3 is 19.5 Å². The second-order valence-corrected chi connectivity index (χ2v) is 10.5. The molecule has 3 aromatic rings. The van der Waals surface area contributed by atoms with Crippen LogP contribution in [0.1, 0.15) is 38.8 Å². The first kappa shape index (κ1) is 26.2. The zero-order valence-corrected chi connectivity index (χ0v) is 22.3. The summed E-state index contributed by atoms with van der Waals surface area (Å²) < 4.78 is 11.4. The third-order valence-corrected chi connectivity index (χ3v) is 7.94. The van der Waals surface area contributed by atoms with Crippen LogP contribution in [0.5, 0.6) is 5.75 Å². The number of aliphatic hydroxyl groups excluding tert-OH is 1. The number of nitrogens with zero attached hydrogens (tertiary/aromatic N) is 2. The monoisotopic (exact) mass is 532 g/mol. The van der Waals surface area contributed by atoms with Gasteiger partial charge in [-0.05, 0) is 54.1 Å². The number of benzene rings is 2. The molecule has 8 heteroatoms. The molecule has 198 valence electrons. The molecule has 0 bridgehead atoms. The fourth-order valence-electron chi connectivity index (χ4n) is 4.99. The fourth-order valence-corrected chi connectivity index (χ4v) is 5.84. The van der Waals surface area contributed by atoms with E-state index >= 15 is 0 Å². The van der Waals surface area contributed by atoms with Gasteiger partial charge in [0.1, 0.15) is 12.4 Å². The van der Waals surface area contributed by atoms with Crippen molar-refractivity contribution in [3.05, 3.63) is 98.9 Å². The maximum absolute atomic E-state index is 13.8. The smallest absolute Gasteiger partial charge is 0.290 e. The van der Waals surface area contributed by atoms with Crippen LogP contribution in [-0.2, 0) is 16.1 Å². The first-order valence-electron chi connectivity index (χ1n) is 12.9. The van der Waals surface area contributed by atoms with Gasteiger partial charge in [-0.2, -0.15) is 0 Å². The van der Waals surface area contributed by atoms with Gasteiger partial charge in [0.2, 0.25) is 0 Å². The first-order chi connectivity index (χ1) is 18.5. The zero-order valence-electron chi connectivity index (χ0n) is 21.5. The number of amides is 1. The van der Waals surface area contributed by atoms with Crippen LogP contribution in [0.25, 0.3) is 0 Å². The molecular weight excluding hydrogens is 500 g/mol. The highest BCUT2D eigenvalue weighted by Crippen LogP contribution is 2.41. The fraction of sp³-hybridized carbons (Fsp3) is 0.333. The molecule has 1 unspecified atom stereocenters. The van der Waals surface area contributed by atoms with Crippen LogP contribution in [0.3, 0.4) is 0 Å². The highest BCUT2D eigenvalue weighted by atomic mass is 32.1. The molecule has 2 aromatic carbocycles. The minimum absolute atomic E-state index is 0.140. The number of Topliss-reactive ketones (excluding diaryl/α,β-unsaturated/α-hetero) is 1. The van der Waals surface area contributed by atoms with E-state index in [0.717, 1.165) is 55.3 Å². The number of ether oxygens (including phenoxy) is 2. The lowest BCUT2D eigenvalue weighted by atomic mass is 9.95. The second-order valence-electron chi connectivity index (χ2n) is 9.57. The summed E-state index contributed by atoms with van der Waals surface area (Å²) in [7, 11) is 0. The molecule has 1 N–H and O–H groups in total. The van der Waals surface area contributed by atoms with Gasteiger partial charge >= 0.3 is 0 Å². The Labute approximate surface area is 226 Å². The van der Waals surface area contributed by atoms with Gasteiger partial charge in [-0.3, -0.25) is 14.5 Å². The lowest BCUT2D eigenvalue weighted by molar-refractivity contribution is -0.129. The molecule has 2 aliphatic heterocycles. The van der Waals surface area contributed by atoms with E-state index in [-0.39, 0.29) is 11.4 Å². The molecule has 1 aromatic heterocycles. The van der Waals surface area contributed by atoms with E-state index in [1.54, 1.807) is 23.1 Å². The standard InChI is InChI=1S/C30H32N2O5S/c1-21-19-23(10-11-24(21)37-20-22-7-3-2-4-8-22)28(33)26-27(25-9-5-18-38-25)32(30(35)29(26)34)13-6-12-31-14-16-36-17-15-31/h2-5,7-11,18-19,27,34H,6,12-17,20H2,1H3. The average molecular weight is 533 g/mol. The van der Waals surface area contributed by atoms with Crippen LogP contribution >= 0.6 is 11.3 Å². The molecule has 3 heterocycles.